The van der Waals surface area contributed by atoms with Crippen LogP contribution in [0.3, 0.4) is 0 Å². The van der Waals surface area contributed by atoms with Gasteiger partial charge in [-0.1, -0.05) is 30.3 Å². The lowest BCUT2D eigenvalue weighted by atomic mass is 10.2. The van der Waals surface area contributed by atoms with Crippen molar-refractivity contribution in [2.45, 2.75) is 33.3 Å². The SMILES string of the molecule is Cc1cc(/C=C2/SC(=O)N(CC(=O)N3CCCC3)C2=O)c(C)n1-c1ccc(OCc2ccccc2)cc1. The molecule has 0 aliphatic carbocycles. The Morgan fingerprint density at radius 2 is 1.70 bits per heavy atom. The molecule has 8 heteroatoms. The number of likely N-dealkylation sites (tertiary alicyclic amines) is 1. The zero-order valence-electron chi connectivity index (χ0n) is 21.0. The third-order valence-electron chi connectivity index (χ3n) is 6.73. The first-order valence-electron chi connectivity index (χ1n) is 12.4. The number of amides is 3. The van der Waals surface area contributed by atoms with E-state index in [2.05, 4.69) is 4.57 Å². The summed E-state index contributed by atoms with van der Waals surface area (Å²) < 4.78 is 8.01. The second kappa shape index (κ2) is 10.7. The molecule has 0 N–H and O–H groups in total. The number of carbonyl (C=O) groups is 3. The minimum Gasteiger partial charge on any atom is -0.489 e. The number of ether oxygens (including phenoxy) is 1. The first kappa shape index (κ1) is 24.9. The van der Waals surface area contributed by atoms with Gasteiger partial charge in [0.2, 0.25) is 5.91 Å². The molecule has 7 nitrogen and oxygen atoms in total. The Hall–Kier alpha value is -3.78. The third kappa shape index (κ3) is 5.34. The van der Waals surface area contributed by atoms with E-state index in [9.17, 15) is 14.4 Å². The van der Waals surface area contributed by atoms with E-state index in [4.69, 9.17) is 4.74 Å². The Balaban J connectivity index is 1.30. The van der Waals surface area contributed by atoms with Gasteiger partial charge in [0.15, 0.2) is 0 Å². The predicted octanol–water partition coefficient (Wildman–Crippen LogP) is 5.33. The van der Waals surface area contributed by atoms with Crippen LogP contribution in [0.4, 0.5) is 4.79 Å². The third-order valence-corrected chi connectivity index (χ3v) is 7.63. The Morgan fingerprint density at radius 1 is 1.00 bits per heavy atom. The Bertz CT molecular complexity index is 1360. The number of aryl methyl sites for hydroxylation is 1. The predicted molar refractivity (Wildman–Crippen MR) is 145 cm³/mol. The van der Waals surface area contributed by atoms with E-state index in [0.717, 1.165) is 63.5 Å². The maximum absolute atomic E-state index is 13.0. The fourth-order valence-corrected chi connectivity index (χ4v) is 5.57. The van der Waals surface area contributed by atoms with Gasteiger partial charge in [-0.05, 0) is 86.0 Å². The molecule has 5 rings (SSSR count). The Morgan fingerprint density at radius 3 is 2.41 bits per heavy atom. The van der Waals surface area contributed by atoms with Crippen molar-refractivity contribution < 1.29 is 19.1 Å². The number of hydrogen-bond acceptors (Lipinski definition) is 5. The molecule has 1 aromatic heterocycles. The fraction of sp³-hybridized carbons (Fsp3) is 0.276. The van der Waals surface area contributed by atoms with Gasteiger partial charge in [-0.2, -0.15) is 0 Å². The van der Waals surface area contributed by atoms with E-state index >= 15 is 0 Å². The number of nitrogens with zero attached hydrogens (tertiary/aromatic N) is 3. The highest BCUT2D eigenvalue weighted by Gasteiger charge is 2.37. The lowest BCUT2D eigenvalue weighted by Crippen LogP contribution is -2.40. The van der Waals surface area contributed by atoms with Crippen LogP contribution < -0.4 is 4.74 Å². The van der Waals surface area contributed by atoms with Gasteiger partial charge in [0.1, 0.15) is 18.9 Å². The molecule has 2 aliphatic heterocycles. The van der Waals surface area contributed by atoms with Crippen LogP contribution in [0, 0.1) is 13.8 Å². The molecule has 3 amide bonds. The van der Waals surface area contributed by atoms with Gasteiger partial charge >= 0.3 is 0 Å². The van der Waals surface area contributed by atoms with Gasteiger partial charge in [-0.15, -0.1) is 0 Å². The van der Waals surface area contributed by atoms with Crippen LogP contribution in [0.25, 0.3) is 11.8 Å². The van der Waals surface area contributed by atoms with Crippen molar-refractivity contribution >= 4 is 34.9 Å². The van der Waals surface area contributed by atoms with Crippen molar-refractivity contribution in [1.82, 2.24) is 14.4 Å². The van der Waals surface area contributed by atoms with Crippen molar-refractivity contribution in [3.8, 4) is 11.4 Å². The van der Waals surface area contributed by atoms with Gasteiger partial charge in [0.05, 0.1) is 4.91 Å². The smallest absolute Gasteiger partial charge is 0.294 e. The molecular formula is C29H29N3O4S. The summed E-state index contributed by atoms with van der Waals surface area (Å²) in [6, 6.07) is 19.9. The Labute approximate surface area is 220 Å². The van der Waals surface area contributed by atoms with E-state index in [1.165, 1.54) is 0 Å². The highest BCUT2D eigenvalue weighted by atomic mass is 32.2. The summed E-state index contributed by atoms with van der Waals surface area (Å²) >= 11 is 0.888. The molecule has 2 saturated heterocycles. The molecule has 3 aromatic rings. The maximum atomic E-state index is 13.0. The molecule has 0 saturated carbocycles. The summed E-state index contributed by atoms with van der Waals surface area (Å²) in [6.45, 7) is 5.68. The zero-order chi connectivity index (χ0) is 25.9. The fourth-order valence-electron chi connectivity index (χ4n) is 4.74. The monoisotopic (exact) mass is 515 g/mol. The van der Waals surface area contributed by atoms with Crippen LogP contribution in [0.15, 0.2) is 65.6 Å². The van der Waals surface area contributed by atoms with Crippen LogP contribution in [0.5, 0.6) is 5.75 Å². The average Bonchev–Trinajstić information content (AvgIpc) is 3.60. The number of hydrogen-bond donors (Lipinski definition) is 0. The highest BCUT2D eigenvalue weighted by Crippen LogP contribution is 2.34. The minimum absolute atomic E-state index is 0.171. The molecule has 190 valence electrons. The number of aromatic nitrogens is 1. The van der Waals surface area contributed by atoms with Crippen molar-refractivity contribution in [3.63, 3.8) is 0 Å². The number of thioether (sulfide) groups is 1. The van der Waals surface area contributed by atoms with Crippen LogP contribution >= 0.6 is 11.8 Å². The quantitative estimate of drug-likeness (QED) is 0.398. The second-order valence-electron chi connectivity index (χ2n) is 9.29. The molecule has 0 atom stereocenters. The standard InChI is InChI=1S/C29H29N3O4S/c1-20-16-23(17-26-28(34)31(29(35)37-26)18-27(33)30-14-6-7-15-30)21(2)32(20)24-10-12-25(13-11-24)36-19-22-8-4-3-5-9-22/h3-5,8-13,16-17H,6-7,14-15,18-19H2,1-2H3/b26-17+. The number of benzene rings is 2. The van der Waals surface area contributed by atoms with E-state index < -0.39 is 11.1 Å². The minimum atomic E-state index is -0.410. The summed E-state index contributed by atoms with van der Waals surface area (Å²) in [7, 11) is 0. The summed E-state index contributed by atoms with van der Waals surface area (Å²) in [5.41, 5.74) is 4.91. The molecular weight excluding hydrogens is 486 g/mol. The number of rotatable bonds is 7. The average molecular weight is 516 g/mol. The van der Waals surface area contributed by atoms with Crippen LogP contribution in [0.2, 0.25) is 0 Å². The van der Waals surface area contributed by atoms with Crippen LogP contribution in [0.1, 0.15) is 35.4 Å². The van der Waals surface area contributed by atoms with Gasteiger partial charge < -0.3 is 14.2 Å². The van der Waals surface area contributed by atoms with Crippen LogP contribution in [-0.2, 0) is 16.2 Å². The summed E-state index contributed by atoms with van der Waals surface area (Å²) in [5, 5.41) is -0.399. The summed E-state index contributed by atoms with van der Waals surface area (Å²) in [4.78, 5) is 41.1. The number of carbonyl (C=O) groups excluding carboxylic acids is 3. The lowest BCUT2D eigenvalue weighted by Gasteiger charge is -2.18. The molecule has 0 spiro atoms. The van der Waals surface area contributed by atoms with Crippen molar-refractivity contribution in [3.05, 3.63) is 88.1 Å². The first-order valence-corrected chi connectivity index (χ1v) is 13.2. The van der Waals surface area contributed by atoms with E-state index in [-0.39, 0.29) is 12.5 Å². The highest BCUT2D eigenvalue weighted by molar-refractivity contribution is 8.18. The molecule has 2 aliphatic rings. The normalized spacial score (nSPS) is 16.8. The molecule has 3 heterocycles. The molecule has 2 aromatic carbocycles. The molecule has 0 unspecified atom stereocenters. The first-order chi connectivity index (χ1) is 17.9. The Kier molecular flexibility index (Phi) is 7.19. The van der Waals surface area contributed by atoms with Gasteiger partial charge in [-0.25, -0.2) is 0 Å². The molecule has 2 fully saturated rings. The van der Waals surface area contributed by atoms with Crippen LogP contribution in [-0.4, -0.2) is 51.1 Å². The van der Waals surface area contributed by atoms with Crippen molar-refractivity contribution in [2.24, 2.45) is 0 Å². The zero-order valence-corrected chi connectivity index (χ0v) is 21.8. The van der Waals surface area contributed by atoms with E-state index in [1.54, 1.807) is 11.0 Å². The number of imide groups is 1. The largest absolute Gasteiger partial charge is 0.489 e. The van der Waals surface area contributed by atoms with Gasteiger partial charge in [0.25, 0.3) is 11.1 Å². The molecule has 0 bridgehead atoms. The summed E-state index contributed by atoms with van der Waals surface area (Å²) in [5.74, 6) is 0.204. The topological polar surface area (TPSA) is 71.9 Å². The van der Waals surface area contributed by atoms with E-state index in [0.29, 0.717) is 24.6 Å². The van der Waals surface area contributed by atoms with E-state index in [1.807, 2.05) is 74.5 Å². The lowest BCUT2D eigenvalue weighted by molar-refractivity contribution is -0.135. The van der Waals surface area contributed by atoms with Gasteiger partial charge in [0, 0.05) is 30.2 Å². The molecule has 37 heavy (non-hydrogen) atoms. The second-order valence-corrected chi connectivity index (χ2v) is 10.3. The summed E-state index contributed by atoms with van der Waals surface area (Å²) in [6.07, 6.45) is 3.68. The van der Waals surface area contributed by atoms with Gasteiger partial charge in [-0.3, -0.25) is 19.3 Å². The van der Waals surface area contributed by atoms with Crippen molar-refractivity contribution in [1.29, 1.82) is 0 Å². The van der Waals surface area contributed by atoms with Crippen molar-refractivity contribution in [2.75, 3.05) is 19.6 Å². The maximum Gasteiger partial charge on any atom is 0.294 e. The molecule has 0 radical (unpaired) electrons.